The van der Waals surface area contributed by atoms with Crippen molar-refractivity contribution < 1.29 is 0 Å². The maximum Gasteiger partial charge on any atom is 0.164 e. The number of fused-ring (bicyclic) bond motifs is 6. The van der Waals surface area contributed by atoms with E-state index in [0.29, 0.717) is 17.5 Å². The van der Waals surface area contributed by atoms with E-state index in [1.165, 1.54) is 37.9 Å². The second-order valence-corrected chi connectivity index (χ2v) is 12.0. The smallest absolute Gasteiger partial charge is 0.164 e. The molecule has 1 heterocycles. The quantitative estimate of drug-likeness (QED) is 0.182. The fourth-order valence-electron chi connectivity index (χ4n) is 6.72. The maximum absolute atomic E-state index is 5.04. The summed E-state index contributed by atoms with van der Waals surface area (Å²) in [6, 6.07) is 61.7. The summed E-state index contributed by atoms with van der Waals surface area (Å²) in [5.41, 5.74) is 7.44. The van der Waals surface area contributed by atoms with Crippen LogP contribution in [0.5, 0.6) is 0 Å². The second-order valence-electron chi connectivity index (χ2n) is 12.0. The minimum Gasteiger partial charge on any atom is -0.208 e. The van der Waals surface area contributed by atoms with Crippen LogP contribution in [0.4, 0.5) is 0 Å². The van der Waals surface area contributed by atoms with Gasteiger partial charge in [0.1, 0.15) is 0 Å². The van der Waals surface area contributed by atoms with Gasteiger partial charge in [-0.3, -0.25) is 0 Å². The Labute approximate surface area is 278 Å². The van der Waals surface area contributed by atoms with Crippen LogP contribution in [0.25, 0.3) is 88.7 Å². The second kappa shape index (κ2) is 11.7. The van der Waals surface area contributed by atoms with Crippen LogP contribution in [-0.2, 0) is 0 Å². The molecular formula is C45H29N3. The molecule has 1 aromatic heterocycles. The molecule has 0 aliphatic rings. The van der Waals surface area contributed by atoms with E-state index < -0.39 is 0 Å². The molecule has 224 valence electrons. The zero-order valence-corrected chi connectivity index (χ0v) is 26.1. The van der Waals surface area contributed by atoms with E-state index in [1.807, 2.05) is 36.4 Å². The number of nitrogens with zero attached hydrogens (tertiary/aromatic N) is 3. The molecule has 3 nitrogen and oxygen atoms in total. The molecule has 0 bridgehead atoms. The summed E-state index contributed by atoms with van der Waals surface area (Å²) < 4.78 is 0. The Kier molecular flexibility index (Phi) is 6.80. The van der Waals surface area contributed by atoms with Gasteiger partial charge in [-0.2, -0.15) is 0 Å². The summed E-state index contributed by atoms with van der Waals surface area (Å²) in [5.74, 6) is 1.94. The number of hydrogen-bond acceptors (Lipinski definition) is 3. The summed E-state index contributed by atoms with van der Waals surface area (Å²) in [6.45, 7) is 0. The van der Waals surface area contributed by atoms with Crippen molar-refractivity contribution in [2.45, 2.75) is 0 Å². The lowest BCUT2D eigenvalue weighted by atomic mass is 9.92. The molecule has 48 heavy (non-hydrogen) atoms. The van der Waals surface area contributed by atoms with Gasteiger partial charge in [-0.25, -0.2) is 15.0 Å². The molecule has 0 unspecified atom stereocenters. The van der Waals surface area contributed by atoms with Gasteiger partial charge in [0.05, 0.1) is 0 Å². The molecule has 9 aromatic rings. The average molecular weight is 612 g/mol. The number of benzene rings is 8. The normalized spacial score (nSPS) is 11.3. The van der Waals surface area contributed by atoms with Crippen LogP contribution in [0.3, 0.4) is 0 Å². The van der Waals surface area contributed by atoms with Gasteiger partial charge < -0.3 is 0 Å². The number of hydrogen-bond donors (Lipinski definition) is 0. The third-order valence-electron chi connectivity index (χ3n) is 9.12. The lowest BCUT2D eigenvalue weighted by Crippen LogP contribution is -2.00. The first kappa shape index (κ1) is 27.8. The van der Waals surface area contributed by atoms with Crippen molar-refractivity contribution in [1.82, 2.24) is 15.0 Å². The predicted molar refractivity (Wildman–Crippen MR) is 200 cm³/mol. The van der Waals surface area contributed by atoms with Gasteiger partial charge >= 0.3 is 0 Å². The molecule has 0 radical (unpaired) electrons. The summed E-state index contributed by atoms with van der Waals surface area (Å²) in [7, 11) is 0. The highest BCUT2D eigenvalue weighted by atomic mass is 15.0. The standard InChI is InChI=1S/C45H29N3/c1-3-12-30(13-4-1)31-22-24-33(25-23-31)44-46-43(32-14-5-2-6-15-32)47-45(48-44)36-17-11-16-34(28-36)35-26-27-41-39-20-8-7-18-37(39)38-19-9-10-21-40(38)42(41)29-35/h1-29H. The van der Waals surface area contributed by atoms with Crippen molar-refractivity contribution in [2.75, 3.05) is 0 Å². The van der Waals surface area contributed by atoms with Gasteiger partial charge in [-0.15, -0.1) is 0 Å². The Bertz CT molecular complexity index is 2560. The number of rotatable bonds is 5. The first-order chi connectivity index (χ1) is 23.8. The van der Waals surface area contributed by atoms with Crippen LogP contribution in [0.15, 0.2) is 176 Å². The van der Waals surface area contributed by atoms with E-state index >= 15 is 0 Å². The van der Waals surface area contributed by atoms with E-state index in [-0.39, 0.29) is 0 Å². The molecule has 0 N–H and O–H groups in total. The minimum atomic E-state index is 0.644. The Hall–Kier alpha value is -6.45. The fraction of sp³-hybridized carbons (Fsp3) is 0. The topological polar surface area (TPSA) is 38.7 Å². The van der Waals surface area contributed by atoms with Gasteiger partial charge in [0, 0.05) is 16.7 Å². The number of aromatic nitrogens is 3. The van der Waals surface area contributed by atoms with Gasteiger partial charge in [0.25, 0.3) is 0 Å². The van der Waals surface area contributed by atoms with Gasteiger partial charge in [0.2, 0.25) is 0 Å². The van der Waals surface area contributed by atoms with Crippen LogP contribution >= 0.6 is 0 Å². The minimum absolute atomic E-state index is 0.644. The van der Waals surface area contributed by atoms with Crippen molar-refractivity contribution in [3.8, 4) is 56.4 Å². The highest BCUT2D eigenvalue weighted by molar-refractivity contribution is 6.25. The van der Waals surface area contributed by atoms with Crippen LogP contribution in [-0.4, -0.2) is 15.0 Å². The largest absolute Gasteiger partial charge is 0.208 e. The van der Waals surface area contributed by atoms with Crippen molar-refractivity contribution >= 4 is 32.3 Å². The predicted octanol–water partition coefficient (Wildman–Crippen LogP) is 11.7. The maximum atomic E-state index is 5.04. The highest BCUT2D eigenvalue weighted by Gasteiger charge is 2.14. The Balaban J connectivity index is 1.16. The first-order valence-corrected chi connectivity index (χ1v) is 16.2. The van der Waals surface area contributed by atoms with E-state index in [2.05, 4.69) is 140 Å². The lowest BCUT2D eigenvalue weighted by Gasteiger charge is -2.13. The molecule has 9 rings (SSSR count). The van der Waals surface area contributed by atoms with E-state index in [0.717, 1.165) is 33.4 Å². The van der Waals surface area contributed by atoms with Crippen LogP contribution < -0.4 is 0 Å². The monoisotopic (exact) mass is 611 g/mol. The van der Waals surface area contributed by atoms with Gasteiger partial charge in [0.15, 0.2) is 17.5 Å². The zero-order chi connectivity index (χ0) is 31.9. The molecule has 3 heteroatoms. The molecule has 0 amide bonds. The molecule has 8 aromatic carbocycles. The lowest BCUT2D eigenvalue weighted by molar-refractivity contribution is 1.07. The zero-order valence-electron chi connectivity index (χ0n) is 26.1. The molecule has 0 saturated carbocycles. The summed E-state index contributed by atoms with van der Waals surface area (Å²) in [5, 5.41) is 7.60. The molecule has 0 atom stereocenters. The van der Waals surface area contributed by atoms with Crippen molar-refractivity contribution in [3.63, 3.8) is 0 Å². The summed E-state index contributed by atoms with van der Waals surface area (Å²) >= 11 is 0. The first-order valence-electron chi connectivity index (χ1n) is 16.2. The van der Waals surface area contributed by atoms with E-state index in [4.69, 9.17) is 15.0 Å². The van der Waals surface area contributed by atoms with Crippen molar-refractivity contribution in [2.24, 2.45) is 0 Å². The summed E-state index contributed by atoms with van der Waals surface area (Å²) in [6.07, 6.45) is 0. The Morgan fingerprint density at radius 3 is 1.17 bits per heavy atom. The van der Waals surface area contributed by atoms with Crippen molar-refractivity contribution in [1.29, 1.82) is 0 Å². The molecule has 0 aliphatic carbocycles. The van der Waals surface area contributed by atoms with Gasteiger partial charge in [-0.1, -0.05) is 164 Å². The summed E-state index contributed by atoms with van der Waals surface area (Å²) in [4.78, 5) is 15.0. The molecule has 0 saturated heterocycles. The fourth-order valence-corrected chi connectivity index (χ4v) is 6.72. The highest BCUT2D eigenvalue weighted by Crippen LogP contribution is 2.37. The molecule has 0 spiro atoms. The van der Waals surface area contributed by atoms with Gasteiger partial charge in [-0.05, 0) is 66.7 Å². The average Bonchev–Trinajstić information content (AvgIpc) is 3.18. The Morgan fingerprint density at radius 2 is 0.562 bits per heavy atom. The third-order valence-corrected chi connectivity index (χ3v) is 9.12. The molecular weight excluding hydrogens is 583 g/mol. The van der Waals surface area contributed by atoms with E-state index in [9.17, 15) is 0 Å². The van der Waals surface area contributed by atoms with Crippen LogP contribution in [0.1, 0.15) is 0 Å². The SMILES string of the molecule is c1ccc(-c2ccc(-c3nc(-c4ccccc4)nc(-c4cccc(-c5ccc6c7ccccc7c7ccccc7c6c5)c4)n3)cc2)cc1. The van der Waals surface area contributed by atoms with E-state index in [1.54, 1.807) is 0 Å². The van der Waals surface area contributed by atoms with Crippen LogP contribution in [0, 0.1) is 0 Å². The third kappa shape index (κ3) is 4.99. The molecule has 0 fully saturated rings. The molecule has 0 aliphatic heterocycles. The Morgan fingerprint density at radius 1 is 0.208 bits per heavy atom. The van der Waals surface area contributed by atoms with Crippen LogP contribution in [0.2, 0.25) is 0 Å². The van der Waals surface area contributed by atoms with Crippen molar-refractivity contribution in [3.05, 3.63) is 176 Å².